The summed E-state index contributed by atoms with van der Waals surface area (Å²) in [5.74, 6) is -2.63. The van der Waals surface area contributed by atoms with Gasteiger partial charge in [-0.1, -0.05) is 78.9 Å². The van der Waals surface area contributed by atoms with Crippen LogP contribution in [0.25, 0.3) is 0 Å². The Morgan fingerprint density at radius 2 is 1.38 bits per heavy atom. The topological polar surface area (TPSA) is 88.5 Å². The lowest BCUT2D eigenvalue weighted by atomic mass is 9.73. The smallest absolute Gasteiger partial charge is 0.355 e. The third-order valence-electron chi connectivity index (χ3n) is 7.26. The van der Waals surface area contributed by atoms with Crippen molar-refractivity contribution >= 4 is 29.2 Å². The predicted molar refractivity (Wildman–Crippen MR) is 151 cm³/mol. The second-order valence-corrected chi connectivity index (χ2v) is 9.52. The van der Waals surface area contributed by atoms with Gasteiger partial charge in [0, 0.05) is 6.54 Å². The number of carbonyl (C=O) groups is 3. The zero-order valence-corrected chi connectivity index (χ0v) is 22.7. The standard InChI is InChI=1S/C32H31N3O5/c1-4-39-29(36)26-27(24-17-11-7-12-18-24)32(22(3)33-35(31(32)38)25-19-13-8-14-20-25)34(28(26)30(37)40-5-2)21-23-15-9-6-10-16-23/h6-20,27H,4-5,21H2,1-3H3. The number of hydrogen-bond donors (Lipinski definition) is 0. The normalized spacial score (nSPS) is 20.2. The number of hydrazone groups is 1. The zero-order valence-electron chi connectivity index (χ0n) is 22.7. The van der Waals surface area contributed by atoms with E-state index < -0.39 is 23.4 Å². The molecule has 3 aromatic carbocycles. The molecule has 2 heterocycles. The van der Waals surface area contributed by atoms with E-state index in [4.69, 9.17) is 14.6 Å². The van der Waals surface area contributed by atoms with E-state index in [9.17, 15) is 14.4 Å². The van der Waals surface area contributed by atoms with E-state index in [1.807, 2.05) is 78.9 Å². The van der Waals surface area contributed by atoms with Crippen molar-refractivity contribution in [1.29, 1.82) is 0 Å². The fourth-order valence-electron chi connectivity index (χ4n) is 5.66. The number of nitrogens with zero attached hydrogens (tertiary/aromatic N) is 3. The SMILES string of the molecule is CCOC(=O)C1=C(C(=O)OCC)N(Cc2ccccc2)C2(C(=O)N(c3ccccc3)N=C2C)C1c1ccccc1. The van der Waals surface area contributed by atoms with E-state index in [2.05, 4.69) is 0 Å². The van der Waals surface area contributed by atoms with Crippen molar-refractivity contribution in [1.82, 2.24) is 4.90 Å². The van der Waals surface area contributed by atoms with Gasteiger partial charge >= 0.3 is 11.9 Å². The number of anilines is 1. The molecule has 2 unspecified atom stereocenters. The average Bonchev–Trinajstić information content (AvgIpc) is 3.42. The second-order valence-electron chi connectivity index (χ2n) is 9.52. The number of hydrogen-bond acceptors (Lipinski definition) is 7. The Morgan fingerprint density at radius 3 is 1.98 bits per heavy atom. The van der Waals surface area contributed by atoms with Gasteiger partial charge < -0.3 is 14.4 Å². The van der Waals surface area contributed by atoms with E-state index in [1.54, 1.807) is 37.8 Å². The Bertz CT molecular complexity index is 1470. The minimum atomic E-state index is -1.53. The van der Waals surface area contributed by atoms with Crippen LogP contribution in [0.1, 0.15) is 37.8 Å². The van der Waals surface area contributed by atoms with Crippen LogP contribution in [0.5, 0.6) is 0 Å². The maximum atomic E-state index is 14.8. The largest absolute Gasteiger partial charge is 0.463 e. The lowest BCUT2D eigenvalue weighted by Crippen LogP contribution is -2.59. The summed E-state index contributed by atoms with van der Waals surface area (Å²) in [6.45, 7) is 5.53. The summed E-state index contributed by atoms with van der Waals surface area (Å²) in [6, 6.07) is 27.9. The second kappa shape index (κ2) is 11.2. The highest BCUT2D eigenvalue weighted by molar-refractivity contribution is 6.26. The van der Waals surface area contributed by atoms with Crippen molar-refractivity contribution in [2.24, 2.45) is 5.10 Å². The lowest BCUT2D eigenvalue weighted by Gasteiger charge is -2.40. The van der Waals surface area contributed by atoms with Crippen LogP contribution < -0.4 is 5.01 Å². The molecule has 2 atom stereocenters. The first-order chi connectivity index (χ1) is 19.4. The maximum Gasteiger partial charge on any atom is 0.355 e. The molecule has 1 spiro atoms. The molecule has 204 valence electrons. The minimum Gasteiger partial charge on any atom is -0.463 e. The van der Waals surface area contributed by atoms with Crippen molar-refractivity contribution in [3.63, 3.8) is 0 Å². The molecule has 2 aliphatic rings. The molecule has 40 heavy (non-hydrogen) atoms. The number of benzene rings is 3. The zero-order chi connectivity index (χ0) is 28.3. The Labute approximate surface area is 233 Å². The summed E-state index contributed by atoms with van der Waals surface area (Å²) >= 11 is 0. The van der Waals surface area contributed by atoms with Gasteiger partial charge in [0.15, 0.2) is 5.54 Å². The van der Waals surface area contributed by atoms with E-state index in [0.717, 1.165) is 5.56 Å². The van der Waals surface area contributed by atoms with Gasteiger partial charge in [-0.3, -0.25) is 4.79 Å². The van der Waals surface area contributed by atoms with Gasteiger partial charge in [-0.25, -0.2) is 9.59 Å². The van der Waals surface area contributed by atoms with E-state index in [1.165, 1.54) is 5.01 Å². The molecule has 0 radical (unpaired) electrons. The number of para-hydroxylation sites is 1. The summed E-state index contributed by atoms with van der Waals surface area (Å²) in [5.41, 5.74) is 1.12. The van der Waals surface area contributed by atoms with Gasteiger partial charge in [0.2, 0.25) is 0 Å². The molecule has 3 aromatic rings. The summed E-state index contributed by atoms with van der Waals surface area (Å²) in [7, 11) is 0. The maximum absolute atomic E-state index is 14.8. The first kappa shape index (κ1) is 26.9. The van der Waals surface area contributed by atoms with E-state index in [-0.39, 0.29) is 36.9 Å². The summed E-state index contributed by atoms with van der Waals surface area (Å²) < 4.78 is 11.0. The molecule has 8 nitrogen and oxygen atoms in total. The number of amides is 1. The molecule has 0 fully saturated rings. The Kier molecular flexibility index (Phi) is 7.51. The molecule has 8 heteroatoms. The Hall–Kier alpha value is -4.72. The summed E-state index contributed by atoms with van der Waals surface area (Å²) in [6.07, 6.45) is 0. The average molecular weight is 538 g/mol. The fourth-order valence-corrected chi connectivity index (χ4v) is 5.66. The molecule has 5 rings (SSSR count). The van der Waals surface area contributed by atoms with Crippen LogP contribution in [0.15, 0.2) is 107 Å². The number of ether oxygens (including phenoxy) is 2. The van der Waals surface area contributed by atoms with Gasteiger partial charge in [-0.2, -0.15) is 10.1 Å². The molecular formula is C32H31N3O5. The van der Waals surface area contributed by atoms with Gasteiger partial charge in [0.1, 0.15) is 5.70 Å². The quantitative estimate of drug-likeness (QED) is 0.383. The molecule has 1 amide bonds. The van der Waals surface area contributed by atoms with Crippen molar-refractivity contribution in [3.8, 4) is 0 Å². The van der Waals surface area contributed by atoms with Crippen molar-refractivity contribution in [2.45, 2.75) is 38.8 Å². The third-order valence-corrected chi connectivity index (χ3v) is 7.26. The molecule has 0 saturated carbocycles. The van der Waals surface area contributed by atoms with Crippen LogP contribution in [0.4, 0.5) is 5.69 Å². The van der Waals surface area contributed by atoms with Crippen LogP contribution >= 0.6 is 0 Å². The highest BCUT2D eigenvalue weighted by Crippen LogP contribution is 2.53. The van der Waals surface area contributed by atoms with Crippen LogP contribution in [0.3, 0.4) is 0 Å². The number of esters is 2. The molecular weight excluding hydrogens is 506 g/mol. The molecule has 0 aliphatic carbocycles. The fraction of sp³-hybridized carbons (Fsp3) is 0.250. The third kappa shape index (κ3) is 4.35. The van der Waals surface area contributed by atoms with Crippen molar-refractivity contribution in [3.05, 3.63) is 113 Å². The lowest BCUT2D eigenvalue weighted by molar-refractivity contribution is -0.143. The van der Waals surface area contributed by atoms with Crippen LogP contribution in [0.2, 0.25) is 0 Å². The van der Waals surface area contributed by atoms with Crippen molar-refractivity contribution in [2.75, 3.05) is 18.2 Å². The summed E-state index contributed by atoms with van der Waals surface area (Å²) in [4.78, 5) is 44.0. The van der Waals surface area contributed by atoms with E-state index >= 15 is 0 Å². The number of rotatable bonds is 8. The van der Waals surface area contributed by atoms with Gasteiger partial charge in [0.25, 0.3) is 5.91 Å². The van der Waals surface area contributed by atoms with E-state index in [0.29, 0.717) is 17.0 Å². The highest BCUT2D eigenvalue weighted by Gasteiger charge is 2.67. The highest BCUT2D eigenvalue weighted by atomic mass is 16.5. The first-order valence-electron chi connectivity index (χ1n) is 13.3. The molecule has 0 aromatic heterocycles. The van der Waals surface area contributed by atoms with Gasteiger partial charge in [-0.05, 0) is 44.0 Å². The molecule has 0 saturated heterocycles. The Morgan fingerprint density at radius 1 is 0.825 bits per heavy atom. The molecule has 0 N–H and O–H groups in total. The monoisotopic (exact) mass is 537 g/mol. The van der Waals surface area contributed by atoms with Gasteiger partial charge in [-0.15, -0.1) is 0 Å². The van der Waals surface area contributed by atoms with Crippen LogP contribution in [0, 0.1) is 0 Å². The number of carbonyl (C=O) groups excluding carboxylic acids is 3. The van der Waals surface area contributed by atoms with Gasteiger partial charge in [0.05, 0.1) is 36.1 Å². The van der Waals surface area contributed by atoms with Crippen LogP contribution in [-0.4, -0.2) is 47.2 Å². The van der Waals surface area contributed by atoms with Crippen molar-refractivity contribution < 1.29 is 23.9 Å². The Balaban J connectivity index is 1.82. The minimum absolute atomic E-state index is 0.0100. The first-order valence-corrected chi connectivity index (χ1v) is 13.3. The molecule has 0 bridgehead atoms. The predicted octanol–water partition coefficient (Wildman–Crippen LogP) is 4.83. The molecule has 2 aliphatic heterocycles. The van der Waals surface area contributed by atoms with Crippen LogP contribution in [-0.2, 0) is 30.4 Å². The summed E-state index contributed by atoms with van der Waals surface area (Å²) in [5, 5.41) is 6.11.